The van der Waals surface area contributed by atoms with Crippen molar-refractivity contribution in [3.8, 4) is 6.07 Å². The first-order valence-corrected chi connectivity index (χ1v) is 5.97. The maximum Gasteiger partial charge on any atom is 0.171 e. The average molecular weight is 247 g/mol. The summed E-state index contributed by atoms with van der Waals surface area (Å²) in [5, 5.41) is 15.6. The zero-order valence-corrected chi connectivity index (χ0v) is 11.2. The Bertz CT molecular complexity index is 429. The van der Waals surface area contributed by atoms with Gasteiger partial charge in [0.2, 0.25) is 0 Å². The van der Waals surface area contributed by atoms with Gasteiger partial charge in [0.1, 0.15) is 0 Å². The molecule has 0 aromatic heterocycles. The van der Waals surface area contributed by atoms with Crippen LogP contribution < -0.4 is 10.6 Å². The van der Waals surface area contributed by atoms with Crippen LogP contribution in [-0.4, -0.2) is 10.7 Å². The third-order valence-corrected chi connectivity index (χ3v) is 2.81. The quantitative estimate of drug-likeness (QED) is 0.806. The van der Waals surface area contributed by atoms with Gasteiger partial charge < -0.3 is 10.6 Å². The van der Waals surface area contributed by atoms with E-state index in [1.165, 1.54) is 0 Å². The first-order valence-electron chi connectivity index (χ1n) is 5.56. The van der Waals surface area contributed by atoms with E-state index in [9.17, 15) is 0 Å². The molecule has 2 N–H and O–H groups in total. The number of thiocarbonyl (C=S) groups is 1. The minimum Gasteiger partial charge on any atom is -0.358 e. The highest BCUT2D eigenvalue weighted by Gasteiger charge is 2.15. The van der Waals surface area contributed by atoms with Gasteiger partial charge in [-0.3, -0.25) is 0 Å². The molecule has 0 bridgehead atoms. The Morgan fingerprint density at radius 2 is 1.94 bits per heavy atom. The molecule has 0 unspecified atom stereocenters. The van der Waals surface area contributed by atoms with Crippen molar-refractivity contribution in [1.29, 1.82) is 5.26 Å². The summed E-state index contributed by atoms with van der Waals surface area (Å²) in [6, 6.07) is 9.28. The summed E-state index contributed by atoms with van der Waals surface area (Å²) >= 11 is 5.22. The molecule has 0 aliphatic rings. The molecule has 0 fully saturated rings. The second-order valence-electron chi connectivity index (χ2n) is 4.51. The van der Waals surface area contributed by atoms with Crippen molar-refractivity contribution in [2.24, 2.45) is 0 Å². The van der Waals surface area contributed by atoms with E-state index < -0.39 is 0 Å². The van der Waals surface area contributed by atoms with Gasteiger partial charge in [-0.1, -0.05) is 6.92 Å². The van der Waals surface area contributed by atoms with Crippen LogP contribution in [0.25, 0.3) is 0 Å². The van der Waals surface area contributed by atoms with E-state index in [1.807, 2.05) is 12.1 Å². The van der Waals surface area contributed by atoms with Crippen molar-refractivity contribution in [3.05, 3.63) is 29.8 Å². The zero-order valence-electron chi connectivity index (χ0n) is 10.4. The number of nitriles is 1. The Balaban J connectivity index is 2.60. The van der Waals surface area contributed by atoms with Gasteiger partial charge in [0.15, 0.2) is 5.11 Å². The predicted molar refractivity (Wildman–Crippen MR) is 74.9 cm³/mol. The van der Waals surface area contributed by atoms with Gasteiger partial charge in [-0.2, -0.15) is 5.26 Å². The third-order valence-electron chi connectivity index (χ3n) is 2.61. The highest BCUT2D eigenvalue weighted by molar-refractivity contribution is 7.80. The maximum absolute atomic E-state index is 8.69. The molecule has 90 valence electrons. The van der Waals surface area contributed by atoms with E-state index in [2.05, 4.69) is 37.5 Å². The Hall–Kier alpha value is -1.60. The molecule has 0 aliphatic carbocycles. The van der Waals surface area contributed by atoms with Crippen molar-refractivity contribution in [2.75, 3.05) is 5.32 Å². The number of rotatable bonds is 3. The van der Waals surface area contributed by atoms with Gasteiger partial charge >= 0.3 is 0 Å². The molecular formula is C13H17N3S. The first kappa shape index (κ1) is 13.5. The number of nitrogens with one attached hydrogen (secondary N) is 2. The van der Waals surface area contributed by atoms with Crippen molar-refractivity contribution in [1.82, 2.24) is 5.32 Å². The lowest BCUT2D eigenvalue weighted by molar-refractivity contribution is 0.448. The van der Waals surface area contributed by atoms with Crippen LogP contribution in [0.1, 0.15) is 32.8 Å². The SMILES string of the molecule is CCC(C)(C)NC(=S)Nc1ccc(C#N)cc1. The fraction of sp³-hybridized carbons (Fsp3) is 0.385. The molecule has 4 heteroatoms. The highest BCUT2D eigenvalue weighted by atomic mass is 32.1. The fourth-order valence-electron chi connectivity index (χ4n) is 1.19. The monoisotopic (exact) mass is 247 g/mol. The third kappa shape index (κ3) is 4.41. The van der Waals surface area contributed by atoms with E-state index in [4.69, 9.17) is 17.5 Å². The van der Waals surface area contributed by atoms with Crippen LogP contribution in [0.5, 0.6) is 0 Å². The summed E-state index contributed by atoms with van der Waals surface area (Å²) in [5.41, 5.74) is 1.51. The second kappa shape index (κ2) is 5.65. The largest absolute Gasteiger partial charge is 0.358 e. The Morgan fingerprint density at radius 1 is 1.35 bits per heavy atom. The summed E-state index contributed by atoms with van der Waals surface area (Å²) < 4.78 is 0. The number of benzene rings is 1. The van der Waals surface area contributed by atoms with Crippen molar-refractivity contribution >= 4 is 23.0 Å². The van der Waals surface area contributed by atoms with E-state index in [0.717, 1.165) is 12.1 Å². The van der Waals surface area contributed by atoms with Gasteiger partial charge in [0, 0.05) is 11.2 Å². The summed E-state index contributed by atoms with van der Waals surface area (Å²) in [4.78, 5) is 0. The average Bonchev–Trinajstić information content (AvgIpc) is 2.29. The van der Waals surface area contributed by atoms with E-state index in [1.54, 1.807) is 12.1 Å². The minimum atomic E-state index is -0.0172. The van der Waals surface area contributed by atoms with Gasteiger partial charge in [-0.05, 0) is 56.8 Å². The normalized spacial score (nSPS) is 10.5. The lowest BCUT2D eigenvalue weighted by atomic mass is 10.0. The van der Waals surface area contributed by atoms with Crippen molar-refractivity contribution < 1.29 is 0 Å². The molecule has 17 heavy (non-hydrogen) atoms. The van der Waals surface area contributed by atoms with Crippen molar-refractivity contribution in [2.45, 2.75) is 32.7 Å². The van der Waals surface area contributed by atoms with Crippen LogP contribution in [0.15, 0.2) is 24.3 Å². The van der Waals surface area contributed by atoms with Crippen LogP contribution in [0.4, 0.5) is 5.69 Å². The Kier molecular flexibility index (Phi) is 4.47. The van der Waals surface area contributed by atoms with Crippen LogP contribution >= 0.6 is 12.2 Å². The maximum atomic E-state index is 8.69. The Morgan fingerprint density at radius 3 is 2.41 bits per heavy atom. The summed E-state index contributed by atoms with van der Waals surface area (Å²) in [6.45, 7) is 6.30. The molecule has 1 rings (SSSR count). The Labute approximate surface area is 108 Å². The second-order valence-corrected chi connectivity index (χ2v) is 4.91. The zero-order chi connectivity index (χ0) is 12.9. The number of nitrogens with zero attached hydrogens (tertiary/aromatic N) is 1. The molecule has 0 radical (unpaired) electrons. The lowest BCUT2D eigenvalue weighted by Crippen LogP contribution is -2.44. The minimum absolute atomic E-state index is 0.0172. The molecule has 3 nitrogen and oxygen atoms in total. The molecule has 1 aromatic rings. The summed E-state index contributed by atoms with van der Waals surface area (Å²) in [5.74, 6) is 0. The van der Waals surface area contributed by atoms with Gasteiger partial charge in [-0.15, -0.1) is 0 Å². The molecule has 0 spiro atoms. The molecule has 0 saturated carbocycles. The molecule has 0 heterocycles. The lowest BCUT2D eigenvalue weighted by Gasteiger charge is -2.26. The molecule has 0 atom stereocenters. The smallest absolute Gasteiger partial charge is 0.171 e. The predicted octanol–water partition coefficient (Wildman–Crippen LogP) is 3.03. The van der Waals surface area contributed by atoms with Crippen LogP contribution in [0.3, 0.4) is 0 Å². The van der Waals surface area contributed by atoms with Crippen LogP contribution in [-0.2, 0) is 0 Å². The molecule has 1 aromatic carbocycles. The van der Waals surface area contributed by atoms with Crippen LogP contribution in [0, 0.1) is 11.3 Å². The molecule has 0 amide bonds. The summed E-state index contributed by atoms with van der Waals surface area (Å²) in [7, 11) is 0. The molecule has 0 aliphatic heterocycles. The topological polar surface area (TPSA) is 47.8 Å². The number of hydrogen-bond acceptors (Lipinski definition) is 2. The fourth-order valence-corrected chi connectivity index (χ4v) is 1.58. The molecule has 0 saturated heterocycles. The van der Waals surface area contributed by atoms with Crippen LogP contribution in [0.2, 0.25) is 0 Å². The van der Waals surface area contributed by atoms with E-state index in [0.29, 0.717) is 10.7 Å². The van der Waals surface area contributed by atoms with Gasteiger partial charge in [-0.25, -0.2) is 0 Å². The summed E-state index contributed by atoms with van der Waals surface area (Å²) in [6.07, 6.45) is 0.988. The van der Waals surface area contributed by atoms with E-state index in [-0.39, 0.29) is 5.54 Å². The molecular weight excluding hydrogens is 230 g/mol. The standard InChI is InChI=1S/C13H17N3S/c1-4-13(2,3)16-12(17)15-11-7-5-10(9-14)6-8-11/h5-8H,4H2,1-3H3,(H2,15,16,17). The highest BCUT2D eigenvalue weighted by Crippen LogP contribution is 2.11. The van der Waals surface area contributed by atoms with Gasteiger partial charge in [0.25, 0.3) is 0 Å². The van der Waals surface area contributed by atoms with Crippen molar-refractivity contribution in [3.63, 3.8) is 0 Å². The first-order chi connectivity index (χ1) is 7.96. The van der Waals surface area contributed by atoms with E-state index >= 15 is 0 Å². The number of hydrogen-bond donors (Lipinski definition) is 2. The number of anilines is 1. The van der Waals surface area contributed by atoms with Gasteiger partial charge in [0.05, 0.1) is 11.6 Å².